The first-order chi connectivity index (χ1) is 33.5. The lowest BCUT2D eigenvalue weighted by atomic mass is 10.1. The lowest BCUT2D eigenvalue weighted by Crippen LogP contribution is -2.30. The molecule has 0 fully saturated rings. The first-order valence-corrected chi connectivity index (χ1v) is 30.0. The third kappa shape index (κ3) is 54.6. The molecule has 6 nitrogen and oxygen atoms in total. The average molecular weight is 956 g/mol. The van der Waals surface area contributed by atoms with Crippen molar-refractivity contribution in [2.45, 2.75) is 329 Å². The second-order valence-electron chi connectivity index (χ2n) is 20.2. The van der Waals surface area contributed by atoms with Gasteiger partial charge in [-0.1, -0.05) is 243 Å². The molecular weight excluding hydrogens is 841 g/mol. The minimum absolute atomic E-state index is 0.0765. The van der Waals surface area contributed by atoms with Crippen molar-refractivity contribution in [3.8, 4) is 0 Å². The highest BCUT2D eigenvalue weighted by molar-refractivity contribution is 5.71. The van der Waals surface area contributed by atoms with Crippen LogP contribution in [0.2, 0.25) is 0 Å². The van der Waals surface area contributed by atoms with Gasteiger partial charge in [0.2, 0.25) is 0 Å². The number of unbranched alkanes of at least 4 members (excludes halogenated alkanes) is 38. The molecule has 0 saturated carbocycles. The number of ether oxygens (including phenoxy) is 3. The van der Waals surface area contributed by atoms with Crippen LogP contribution in [-0.4, -0.2) is 37.2 Å². The van der Waals surface area contributed by atoms with Crippen molar-refractivity contribution in [3.05, 3.63) is 36.5 Å². The van der Waals surface area contributed by atoms with Crippen LogP contribution < -0.4 is 0 Å². The summed E-state index contributed by atoms with van der Waals surface area (Å²) in [6.07, 6.45) is 68.5. The second-order valence-corrected chi connectivity index (χ2v) is 20.2. The maximum Gasteiger partial charge on any atom is 0.306 e. The fraction of sp³-hybridized carbons (Fsp3) is 0.855. The van der Waals surface area contributed by atoms with Crippen molar-refractivity contribution < 1.29 is 28.6 Å². The fourth-order valence-electron chi connectivity index (χ4n) is 8.78. The summed E-state index contributed by atoms with van der Waals surface area (Å²) in [6, 6.07) is 0. The van der Waals surface area contributed by atoms with Gasteiger partial charge in [0.05, 0.1) is 0 Å². The molecule has 0 spiro atoms. The number of allylic oxidation sites excluding steroid dienone is 6. The summed E-state index contributed by atoms with van der Waals surface area (Å²) < 4.78 is 16.9. The molecular formula is C62H114O6. The zero-order valence-electron chi connectivity index (χ0n) is 45.6. The summed E-state index contributed by atoms with van der Waals surface area (Å²) in [4.78, 5) is 38.2. The highest BCUT2D eigenvalue weighted by Crippen LogP contribution is 2.16. The Hall–Kier alpha value is -2.37. The molecule has 0 amide bonds. The van der Waals surface area contributed by atoms with Gasteiger partial charge in [0.25, 0.3) is 0 Å². The Bertz CT molecular complexity index is 1140. The molecule has 0 radical (unpaired) electrons. The first kappa shape index (κ1) is 65.6. The van der Waals surface area contributed by atoms with Gasteiger partial charge in [-0.25, -0.2) is 0 Å². The second kappa shape index (κ2) is 57.2. The summed E-state index contributed by atoms with van der Waals surface area (Å²) >= 11 is 0. The third-order valence-corrected chi connectivity index (χ3v) is 13.3. The van der Waals surface area contributed by atoms with E-state index in [0.717, 1.165) is 64.2 Å². The van der Waals surface area contributed by atoms with Crippen molar-refractivity contribution in [3.63, 3.8) is 0 Å². The van der Waals surface area contributed by atoms with Gasteiger partial charge in [-0.3, -0.25) is 14.4 Å². The van der Waals surface area contributed by atoms with E-state index >= 15 is 0 Å². The molecule has 6 heteroatoms. The number of carbonyl (C=O) groups is 3. The van der Waals surface area contributed by atoms with Crippen LogP contribution in [-0.2, 0) is 28.6 Å². The Balaban J connectivity index is 4.32. The molecule has 0 aromatic rings. The molecule has 1 unspecified atom stereocenters. The number of carbonyl (C=O) groups excluding carboxylic acids is 3. The van der Waals surface area contributed by atoms with E-state index in [-0.39, 0.29) is 31.1 Å². The molecule has 0 bridgehead atoms. The van der Waals surface area contributed by atoms with Crippen molar-refractivity contribution in [2.75, 3.05) is 13.2 Å². The monoisotopic (exact) mass is 955 g/mol. The van der Waals surface area contributed by atoms with Crippen LogP contribution in [0.15, 0.2) is 36.5 Å². The van der Waals surface area contributed by atoms with E-state index in [1.54, 1.807) is 0 Å². The van der Waals surface area contributed by atoms with Gasteiger partial charge in [-0.15, -0.1) is 0 Å². The molecule has 0 aromatic heterocycles. The molecule has 0 N–H and O–H groups in total. The molecule has 0 aliphatic carbocycles. The van der Waals surface area contributed by atoms with Crippen LogP contribution in [0.4, 0.5) is 0 Å². The quantitative estimate of drug-likeness (QED) is 0.0262. The molecule has 68 heavy (non-hydrogen) atoms. The number of esters is 3. The molecule has 0 rings (SSSR count). The molecule has 0 saturated heterocycles. The summed E-state index contributed by atoms with van der Waals surface area (Å²) in [5, 5.41) is 0. The van der Waals surface area contributed by atoms with E-state index in [0.29, 0.717) is 19.3 Å². The van der Waals surface area contributed by atoms with E-state index in [1.807, 2.05) is 0 Å². The van der Waals surface area contributed by atoms with Gasteiger partial charge in [-0.05, 0) is 96.3 Å². The largest absolute Gasteiger partial charge is 0.462 e. The molecule has 0 aliphatic rings. The lowest BCUT2D eigenvalue weighted by molar-refractivity contribution is -0.167. The number of hydrogen-bond donors (Lipinski definition) is 0. The molecule has 1 atom stereocenters. The number of rotatable bonds is 55. The Morgan fingerprint density at radius 2 is 0.485 bits per heavy atom. The van der Waals surface area contributed by atoms with Crippen LogP contribution in [0.5, 0.6) is 0 Å². The summed E-state index contributed by atoms with van der Waals surface area (Å²) in [5.41, 5.74) is 0. The van der Waals surface area contributed by atoms with E-state index in [1.165, 1.54) is 218 Å². The van der Waals surface area contributed by atoms with Crippen LogP contribution in [0.3, 0.4) is 0 Å². The normalized spacial score (nSPS) is 12.2. The van der Waals surface area contributed by atoms with E-state index in [2.05, 4.69) is 57.2 Å². The minimum atomic E-state index is -0.778. The molecule has 0 aliphatic heterocycles. The summed E-state index contributed by atoms with van der Waals surface area (Å²) in [5.74, 6) is -0.878. The van der Waals surface area contributed by atoms with E-state index < -0.39 is 6.10 Å². The van der Waals surface area contributed by atoms with Crippen LogP contribution in [0, 0.1) is 0 Å². The fourth-order valence-corrected chi connectivity index (χ4v) is 8.78. The van der Waals surface area contributed by atoms with Crippen molar-refractivity contribution in [1.29, 1.82) is 0 Å². The standard InChI is InChI=1S/C62H114O6/c1-4-7-10-13-16-19-22-25-27-29-31-33-35-37-40-43-46-49-52-55-61(64)67-58-59(57-66-60(63)54-51-48-45-42-39-24-21-18-15-12-9-6-3)68-62(65)56-53-50-47-44-41-38-36-34-32-30-28-26-23-20-17-14-11-8-5-2/h18,21,29-32,59H,4-17,19-20,22-28,33-58H2,1-3H3/b21-18-,31-29-,32-30-. The van der Waals surface area contributed by atoms with Crippen LogP contribution in [0.25, 0.3) is 0 Å². The molecule has 0 heterocycles. The maximum atomic E-state index is 12.9. The van der Waals surface area contributed by atoms with Gasteiger partial charge in [0.1, 0.15) is 13.2 Å². The van der Waals surface area contributed by atoms with Crippen molar-refractivity contribution in [2.24, 2.45) is 0 Å². The Morgan fingerprint density at radius 1 is 0.279 bits per heavy atom. The van der Waals surface area contributed by atoms with Crippen LogP contribution >= 0.6 is 0 Å². The average Bonchev–Trinajstić information content (AvgIpc) is 3.34. The topological polar surface area (TPSA) is 78.9 Å². The third-order valence-electron chi connectivity index (χ3n) is 13.3. The van der Waals surface area contributed by atoms with Crippen LogP contribution in [0.1, 0.15) is 323 Å². The van der Waals surface area contributed by atoms with Gasteiger partial charge in [0, 0.05) is 19.3 Å². The van der Waals surface area contributed by atoms with E-state index in [9.17, 15) is 14.4 Å². The highest BCUT2D eigenvalue weighted by Gasteiger charge is 2.19. The maximum absolute atomic E-state index is 12.9. The number of hydrogen-bond acceptors (Lipinski definition) is 6. The summed E-state index contributed by atoms with van der Waals surface area (Å²) in [7, 11) is 0. The van der Waals surface area contributed by atoms with Gasteiger partial charge in [-0.2, -0.15) is 0 Å². The molecule has 0 aromatic carbocycles. The predicted octanol–water partition coefficient (Wildman–Crippen LogP) is 20.0. The highest BCUT2D eigenvalue weighted by atomic mass is 16.6. The van der Waals surface area contributed by atoms with Gasteiger partial charge >= 0.3 is 17.9 Å². The van der Waals surface area contributed by atoms with Crippen molar-refractivity contribution >= 4 is 17.9 Å². The predicted molar refractivity (Wildman–Crippen MR) is 293 cm³/mol. The van der Waals surface area contributed by atoms with Gasteiger partial charge < -0.3 is 14.2 Å². The Labute approximate surface area is 423 Å². The smallest absolute Gasteiger partial charge is 0.306 e. The Kier molecular flexibility index (Phi) is 55.2. The minimum Gasteiger partial charge on any atom is -0.462 e. The lowest BCUT2D eigenvalue weighted by Gasteiger charge is -2.18. The SMILES string of the molecule is CCCCC/C=C\CCCCCCCC(=O)OCC(COC(=O)CCCCCCCCC/C=C\CCCCCCCCCC)OC(=O)CCCCCCCCC/C=C\CCCCCCCCCC. The molecule has 398 valence electrons. The van der Waals surface area contributed by atoms with E-state index in [4.69, 9.17) is 14.2 Å². The zero-order chi connectivity index (χ0) is 49.3. The zero-order valence-corrected chi connectivity index (χ0v) is 45.6. The summed E-state index contributed by atoms with van der Waals surface area (Å²) in [6.45, 7) is 6.64. The van der Waals surface area contributed by atoms with Gasteiger partial charge in [0.15, 0.2) is 6.10 Å². The Morgan fingerprint density at radius 3 is 0.765 bits per heavy atom. The first-order valence-electron chi connectivity index (χ1n) is 30.0. The van der Waals surface area contributed by atoms with Crippen molar-refractivity contribution in [1.82, 2.24) is 0 Å².